The van der Waals surface area contributed by atoms with Gasteiger partial charge in [0.1, 0.15) is 0 Å². The molecule has 3 aromatic rings. The molecule has 3 rings (SSSR count). The SMILES string of the molecule is CN(C)S(=O)(=O)Nc1ccc(Nc2cccc3cccnc23)cc1. The summed E-state index contributed by atoms with van der Waals surface area (Å²) in [7, 11) is -0.543. The van der Waals surface area contributed by atoms with Crippen molar-refractivity contribution in [3.05, 3.63) is 60.8 Å². The summed E-state index contributed by atoms with van der Waals surface area (Å²) >= 11 is 0. The van der Waals surface area contributed by atoms with E-state index in [1.54, 1.807) is 18.3 Å². The van der Waals surface area contributed by atoms with E-state index in [1.807, 2.05) is 42.5 Å². The molecule has 0 fully saturated rings. The molecule has 0 radical (unpaired) electrons. The summed E-state index contributed by atoms with van der Waals surface area (Å²) in [4.78, 5) is 4.40. The summed E-state index contributed by atoms with van der Waals surface area (Å²) in [5.74, 6) is 0. The van der Waals surface area contributed by atoms with Gasteiger partial charge >= 0.3 is 10.2 Å². The van der Waals surface area contributed by atoms with Gasteiger partial charge in [-0.15, -0.1) is 0 Å². The molecule has 1 aromatic heterocycles. The van der Waals surface area contributed by atoms with Gasteiger partial charge in [0.2, 0.25) is 0 Å². The largest absolute Gasteiger partial charge is 0.354 e. The number of rotatable bonds is 5. The first-order chi connectivity index (χ1) is 11.5. The Morgan fingerprint density at radius 3 is 2.29 bits per heavy atom. The third-order valence-corrected chi connectivity index (χ3v) is 4.98. The molecule has 124 valence electrons. The first kappa shape index (κ1) is 16.2. The highest BCUT2D eigenvalue weighted by atomic mass is 32.2. The minimum absolute atomic E-state index is 0.505. The summed E-state index contributed by atoms with van der Waals surface area (Å²) in [6.45, 7) is 0. The second-order valence-electron chi connectivity index (χ2n) is 5.47. The maximum atomic E-state index is 11.8. The molecule has 1 heterocycles. The Morgan fingerprint density at radius 2 is 1.58 bits per heavy atom. The van der Waals surface area contributed by atoms with Gasteiger partial charge in [-0.1, -0.05) is 18.2 Å². The van der Waals surface area contributed by atoms with Crippen LogP contribution in [0.2, 0.25) is 0 Å². The van der Waals surface area contributed by atoms with E-state index < -0.39 is 10.2 Å². The molecule has 0 atom stereocenters. The zero-order valence-corrected chi connectivity index (χ0v) is 14.2. The van der Waals surface area contributed by atoms with Crippen molar-refractivity contribution >= 4 is 38.2 Å². The standard InChI is InChI=1S/C17H18N4O2S/c1-21(2)24(22,23)20-15-10-8-14(9-11-15)19-16-7-3-5-13-6-4-12-18-17(13)16/h3-12,19-20H,1-2H3. The lowest BCUT2D eigenvalue weighted by molar-refractivity contribution is 0.527. The van der Waals surface area contributed by atoms with Gasteiger partial charge in [0.05, 0.1) is 11.2 Å². The molecule has 0 aliphatic heterocycles. The van der Waals surface area contributed by atoms with Crippen LogP contribution in [0.4, 0.5) is 17.1 Å². The van der Waals surface area contributed by atoms with Crippen LogP contribution in [0, 0.1) is 0 Å². The zero-order chi connectivity index (χ0) is 17.2. The summed E-state index contributed by atoms with van der Waals surface area (Å²) in [5.41, 5.74) is 3.14. The number of anilines is 3. The van der Waals surface area contributed by atoms with Crippen molar-refractivity contribution in [2.45, 2.75) is 0 Å². The van der Waals surface area contributed by atoms with Gasteiger partial charge in [0, 0.05) is 37.1 Å². The topological polar surface area (TPSA) is 74.3 Å². The molecule has 7 heteroatoms. The Hall–Kier alpha value is -2.64. The van der Waals surface area contributed by atoms with E-state index >= 15 is 0 Å². The molecule has 6 nitrogen and oxygen atoms in total. The first-order valence-corrected chi connectivity index (χ1v) is 8.81. The van der Waals surface area contributed by atoms with Crippen molar-refractivity contribution in [3.8, 4) is 0 Å². The number of benzene rings is 2. The maximum absolute atomic E-state index is 11.8. The first-order valence-electron chi connectivity index (χ1n) is 7.37. The quantitative estimate of drug-likeness (QED) is 0.747. The maximum Gasteiger partial charge on any atom is 0.301 e. The number of nitrogens with one attached hydrogen (secondary N) is 2. The van der Waals surface area contributed by atoms with Gasteiger partial charge in [0.25, 0.3) is 0 Å². The number of nitrogens with zero attached hydrogens (tertiary/aromatic N) is 2. The fraction of sp³-hybridized carbons (Fsp3) is 0.118. The number of pyridine rings is 1. The lowest BCUT2D eigenvalue weighted by atomic mass is 10.2. The number of para-hydroxylation sites is 1. The fourth-order valence-corrected chi connectivity index (χ4v) is 2.84. The highest BCUT2D eigenvalue weighted by Gasteiger charge is 2.12. The van der Waals surface area contributed by atoms with Crippen LogP contribution < -0.4 is 10.0 Å². The average molecular weight is 342 g/mol. The normalized spacial score (nSPS) is 11.6. The molecule has 0 saturated carbocycles. The summed E-state index contributed by atoms with van der Waals surface area (Å²) in [6, 6.07) is 16.9. The van der Waals surface area contributed by atoms with Gasteiger partial charge in [-0.25, -0.2) is 0 Å². The van der Waals surface area contributed by atoms with Crippen LogP contribution in [0.25, 0.3) is 10.9 Å². The molecular formula is C17H18N4O2S. The molecule has 0 bridgehead atoms. The Morgan fingerprint density at radius 1 is 0.917 bits per heavy atom. The number of aromatic nitrogens is 1. The van der Waals surface area contributed by atoms with Crippen LogP contribution in [-0.4, -0.2) is 31.8 Å². The third-order valence-electron chi connectivity index (χ3n) is 3.52. The highest BCUT2D eigenvalue weighted by molar-refractivity contribution is 7.90. The summed E-state index contributed by atoms with van der Waals surface area (Å²) in [6.07, 6.45) is 1.76. The molecule has 0 aliphatic carbocycles. The summed E-state index contributed by atoms with van der Waals surface area (Å²) in [5, 5.41) is 4.36. The Balaban J connectivity index is 1.81. The van der Waals surface area contributed by atoms with Gasteiger partial charge < -0.3 is 5.32 Å². The van der Waals surface area contributed by atoms with Crippen molar-refractivity contribution in [2.75, 3.05) is 24.1 Å². The molecule has 24 heavy (non-hydrogen) atoms. The van der Waals surface area contributed by atoms with Crippen molar-refractivity contribution < 1.29 is 8.42 Å². The van der Waals surface area contributed by atoms with Crippen LogP contribution >= 0.6 is 0 Å². The number of hydrogen-bond acceptors (Lipinski definition) is 4. The van der Waals surface area contributed by atoms with E-state index in [4.69, 9.17) is 0 Å². The molecule has 0 saturated heterocycles. The van der Waals surface area contributed by atoms with Gasteiger partial charge in [-0.2, -0.15) is 12.7 Å². The van der Waals surface area contributed by atoms with Crippen LogP contribution in [0.1, 0.15) is 0 Å². The molecular weight excluding hydrogens is 324 g/mol. The van der Waals surface area contributed by atoms with Gasteiger partial charge in [-0.3, -0.25) is 9.71 Å². The lowest BCUT2D eigenvalue weighted by Gasteiger charge is -2.14. The zero-order valence-electron chi connectivity index (χ0n) is 13.4. The molecule has 0 amide bonds. The summed E-state index contributed by atoms with van der Waals surface area (Å²) < 4.78 is 27.2. The highest BCUT2D eigenvalue weighted by Crippen LogP contribution is 2.25. The Kier molecular flexibility index (Phi) is 4.37. The predicted octanol–water partition coefficient (Wildman–Crippen LogP) is 3.20. The number of hydrogen-bond donors (Lipinski definition) is 2. The van der Waals surface area contributed by atoms with E-state index in [0.29, 0.717) is 5.69 Å². The molecule has 0 aliphatic rings. The second kappa shape index (κ2) is 6.46. The molecule has 0 unspecified atom stereocenters. The van der Waals surface area contributed by atoms with Crippen molar-refractivity contribution in [2.24, 2.45) is 0 Å². The van der Waals surface area contributed by atoms with Crippen LogP contribution in [-0.2, 0) is 10.2 Å². The minimum atomic E-state index is -3.50. The van der Waals surface area contributed by atoms with E-state index in [1.165, 1.54) is 14.1 Å². The fourth-order valence-electron chi connectivity index (χ4n) is 2.22. The molecule has 2 aromatic carbocycles. The lowest BCUT2D eigenvalue weighted by Crippen LogP contribution is -2.28. The van der Waals surface area contributed by atoms with Gasteiger partial charge in [0.15, 0.2) is 0 Å². The molecule has 2 N–H and O–H groups in total. The van der Waals surface area contributed by atoms with E-state index in [-0.39, 0.29) is 0 Å². The average Bonchev–Trinajstić information content (AvgIpc) is 2.56. The van der Waals surface area contributed by atoms with E-state index in [9.17, 15) is 8.42 Å². The predicted molar refractivity (Wildman–Crippen MR) is 97.7 cm³/mol. The molecule has 0 spiro atoms. The van der Waals surface area contributed by atoms with Crippen molar-refractivity contribution in [1.82, 2.24) is 9.29 Å². The van der Waals surface area contributed by atoms with Gasteiger partial charge in [-0.05, 0) is 36.4 Å². The van der Waals surface area contributed by atoms with Crippen LogP contribution in [0.15, 0.2) is 60.8 Å². The third kappa shape index (κ3) is 3.47. The van der Waals surface area contributed by atoms with E-state index in [0.717, 1.165) is 26.6 Å². The van der Waals surface area contributed by atoms with Crippen LogP contribution in [0.5, 0.6) is 0 Å². The van der Waals surface area contributed by atoms with Crippen molar-refractivity contribution in [3.63, 3.8) is 0 Å². The Labute approximate surface area is 141 Å². The van der Waals surface area contributed by atoms with Crippen LogP contribution in [0.3, 0.4) is 0 Å². The minimum Gasteiger partial charge on any atom is -0.354 e. The smallest absolute Gasteiger partial charge is 0.301 e. The monoisotopic (exact) mass is 342 g/mol. The Bertz CT molecular complexity index is 948. The van der Waals surface area contributed by atoms with E-state index in [2.05, 4.69) is 15.0 Å². The second-order valence-corrected chi connectivity index (χ2v) is 7.36. The number of fused-ring (bicyclic) bond motifs is 1. The van der Waals surface area contributed by atoms with Crippen molar-refractivity contribution in [1.29, 1.82) is 0 Å².